The molecule has 1 aliphatic heterocycles. The number of halogens is 1. The molecule has 1 saturated heterocycles. The summed E-state index contributed by atoms with van der Waals surface area (Å²) >= 11 is 7.19. The zero-order chi connectivity index (χ0) is 19.5. The molecular formula is C19H22ClN5O2S. The quantitative estimate of drug-likeness (QED) is 0.776. The molecule has 1 aliphatic carbocycles. The van der Waals surface area contributed by atoms with E-state index in [1.54, 1.807) is 24.3 Å². The summed E-state index contributed by atoms with van der Waals surface area (Å²) in [5.74, 6) is -0.328. The number of nitrogens with one attached hydrogen (secondary N) is 2. The van der Waals surface area contributed by atoms with Crippen LogP contribution in [0.5, 0.6) is 0 Å². The third-order valence-electron chi connectivity index (χ3n) is 5.20. The number of amides is 3. The maximum atomic E-state index is 12.7. The molecule has 28 heavy (non-hydrogen) atoms. The fraction of sp³-hybridized carbons (Fsp3) is 0.474. The minimum atomic E-state index is -0.328. The van der Waals surface area contributed by atoms with Crippen LogP contribution in [0, 0.1) is 0 Å². The van der Waals surface area contributed by atoms with E-state index < -0.39 is 0 Å². The van der Waals surface area contributed by atoms with Gasteiger partial charge in [-0.25, -0.2) is 4.79 Å². The van der Waals surface area contributed by atoms with Gasteiger partial charge in [0.15, 0.2) is 0 Å². The molecule has 9 heteroatoms. The number of aromatic nitrogens is 2. The van der Waals surface area contributed by atoms with Crippen LogP contribution in [-0.4, -0.2) is 39.6 Å². The van der Waals surface area contributed by atoms with Gasteiger partial charge in [-0.1, -0.05) is 41.8 Å². The lowest BCUT2D eigenvalue weighted by Gasteiger charge is -2.25. The van der Waals surface area contributed by atoms with Crippen LogP contribution < -0.4 is 10.6 Å². The van der Waals surface area contributed by atoms with Crippen LogP contribution in [0.2, 0.25) is 5.02 Å². The number of benzene rings is 1. The van der Waals surface area contributed by atoms with E-state index >= 15 is 0 Å². The van der Waals surface area contributed by atoms with Crippen LogP contribution in [-0.2, 0) is 0 Å². The first-order valence-electron chi connectivity index (χ1n) is 9.57. The van der Waals surface area contributed by atoms with Gasteiger partial charge in [0.25, 0.3) is 5.91 Å². The normalized spacial score (nSPS) is 19.8. The number of anilines is 1. The van der Waals surface area contributed by atoms with Crippen molar-refractivity contribution >= 4 is 40.6 Å². The summed E-state index contributed by atoms with van der Waals surface area (Å²) in [5.41, 5.74) is 0.604. The number of carbonyl (C=O) groups excluding carboxylic acids is 2. The van der Waals surface area contributed by atoms with E-state index in [9.17, 15) is 9.59 Å². The Labute approximate surface area is 172 Å². The van der Waals surface area contributed by atoms with Gasteiger partial charge < -0.3 is 15.5 Å². The minimum Gasteiger partial charge on any atom is -0.335 e. The van der Waals surface area contributed by atoms with Crippen LogP contribution in [0.15, 0.2) is 24.3 Å². The van der Waals surface area contributed by atoms with Gasteiger partial charge >= 0.3 is 6.03 Å². The molecule has 0 bridgehead atoms. The fourth-order valence-corrected chi connectivity index (χ4v) is 4.88. The zero-order valence-corrected chi connectivity index (χ0v) is 16.9. The Bertz CT molecular complexity index is 868. The summed E-state index contributed by atoms with van der Waals surface area (Å²) in [5, 5.41) is 15.7. The van der Waals surface area contributed by atoms with E-state index in [-0.39, 0.29) is 29.0 Å². The predicted molar refractivity (Wildman–Crippen MR) is 109 cm³/mol. The lowest BCUT2D eigenvalue weighted by atomic mass is 10.2. The second kappa shape index (κ2) is 8.45. The Kier molecular flexibility index (Phi) is 5.77. The molecule has 148 valence electrons. The van der Waals surface area contributed by atoms with Crippen molar-refractivity contribution in [1.29, 1.82) is 0 Å². The highest BCUT2D eigenvalue weighted by molar-refractivity contribution is 7.13. The van der Waals surface area contributed by atoms with E-state index in [4.69, 9.17) is 11.6 Å². The number of urea groups is 1. The maximum Gasteiger partial charge on any atom is 0.318 e. The van der Waals surface area contributed by atoms with Crippen molar-refractivity contribution in [3.63, 3.8) is 0 Å². The standard InChI is InChI=1S/C19H22ClN5O2S/c20-12-5-3-8-14(11-12)21-16(26)18-24-23-17(28-18)15-9-4-10-25(15)19(27)22-13-6-1-2-7-13/h3,5,8,11,13,15H,1-2,4,6-7,9-10H2,(H,21,26)(H,22,27). The Morgan fingerprint density at radius 3 is 2.75 bits per heavy atom. The Balaban J connectivity index is 1.42. The highest BCUT2D eigenvalue weighted by atomic mass is 35.5. The summed E-state index contributed by atoms with van der Waals surface area (Å²) in [6, 6.07) is 7.07. The van der Waals surface area contributed by atoms with Gasteiger partial charge in [-0.15, -0.1) is 10.2 Å². The number of hydrogen-bond acceptors (Lipinski definition) is 5. The first-order chi connectivity index (χ1) is 13.6. The summed E-state index contributed by atoms with van der Waals surface area (Å²) < 4.78 is 0. The van der Waals surface area contributed by atoms with Crippen molar-refractivity contribution in [2.75, 3.05) is 11.9 Å². The van der Waals surface area contributed by atoms with Gasteiger partial charge in [0.2, 0.25) is 5.01 Å². The molecule has 1 unspecified atom stereocenters. The number of carbonyl (C=O) groups is 2. The Morgan fingerprint density at radius 2 is 1.96 bits per heavy atom. The highest BCUT2D eigenvalue weighted by Gasteiger charge is 2.34. The molecule has 2 aliphatic rings. The van der Waals surface area contributed by atoms with Crippen molar-refractivity contribution in [3.05, 3.63) is 39.3 Å². The van der Waals surface area contributed by atoms with E-state index in [0.717, 1.165) is 25.7 Å². The van der Waals surface area contributed by atoms with Crippen molar-refractivity contribution in [1.82, 2.24) is 20.4 Å². The Morgan fingerprint density at radius 1 is 1.14 bits per heavy atom. The van der Waals surface area contributed by atoms with Gasteiger partial charge in [-0.05, 0) is 43.9 Å². The van der Waals surface area contributed by atoms with E-state index in [0.29, 0.717) is 22.3 Å². The maximum absolute atomic E-state index is 12.7. The molecule has 2 heterocycles. The second-order valence-corrected chi connectivity index (χ2v) is 8.64. The van der Waals surface area contributed by atoms with Crippen molar-refractivity contribution in [3.8, 4) is 0 Å². The lowest BCUT2D eigenvalue weighted by Crippen LogP contribution is -2.43. The highest BCUT2D eigenvalue weighted by Crippen LogP contribution is 2.34. The average Bonchev–Trinajstić information content (AvgIpc) is 3.42. The summed E-state index contributed by atoms with van der Waals surface area (Å²) in [4.78, 5) is 27.0. The lowest BCUT2D eigenvalue weighted by molar-refractivity contribution is 0.102. The van der Waals surface area contributed by atoms with E-state index in [1.807, 2.05) is 4.90 Å². The van der Waals surface area contributed by atoms with Crippen LogP contribution in [0.1, 0.15) is 59.4 Å². The summed E-state index contributed by atoms with van der Waals surface area (Å²) in [6.45, 7) is 0.701. The smallest absolute Gasteiger partial charge is 0.318 e. The van der Waals surface area contributed by atoms with Gasteiger partial charge in [0, 0.05) is 23.3 Å². The minimum absolute atomic E-state index is 0.0328. The fourth-order valence-electron chi connectivity index (χ4n) is 3.81. The average molecular weight is 420 g/mol. The van der Waals surface area contributed by atoms with Gasteiger partial charge in [-0.3, -0.25) is 4.79 Å². The molecule has 2 aromatic rings. The van der Waals surface area contributed by atoms with Crippen LogP contribution in [0.25, 0.3) is 0 Å². The van der Waals surface area contributed by atoms with Crippen LogP contribution in [0.4, 0.5) is 10.5 Å². The monoisotopic (exact) mass is 419 g/mol. The zero-order valence-electron chi connectivity index (χ0n) is 15.4. The number of rotatable bonds is 4. The molecule has 7 nitrogen and oxygen atoms in total. The first kappa shape index (κ1) is 19.1. The SMILES string of the molecule is O=C(Nc1cccc(Cl)c1)c1nnc(C2CCCN2C(=O)NC2CCCC2)s1. The second-order valence-electron chi connectivity index (χ2n) is 7.19. The largest absolute Gasteiger partial charge is 0.335 e. The van der Waals surface area contributed by atoms with Crippen molar-refractivity contribution in [2.45, 2.75) is 50.6 Å². The van der Waals surface area contributed by atoms with Crippen molar-refractivity contribution in [2.24, 2.45) is 0 Å². The third-order valence-corrected chi connectivity index (χ3v) is 6.46. The number of likely N-dealkylation sites (tertiary alicyclic amines) is 1. The summed E-state index contributed by atoms with van der Waals surface area (Å²) in [6.07, 6.45) is 6.22. The van der Waals surface area contributed by atoms with Crippen molar-refractivity contribution < 1.29 is 9.59 Å². The molecule has 3 amide bonds. The Hall–Kier alpha value is -2.19. The predicted octanol–water partition coefficient (Wildman–Crippen LogP) is 4.23. The van der Waals surface area contributed by atoms with E-state index in [2.05, 4.69) is 20.8 Å². The molecule has 4 rings (SSSR count). The van der Waals surface area contributed by atoms with Gasteiger partial charge in [0.1, 0.15) is 5.01 Å². The summed E-state index contributed by atoms with van der Waals surface area (Å²) in [7, 11) is 0. The third kappa shape index (κ3) is 4.28. The molecule has 0 spiro atoms. The molecule has 1 aromatic carbocycles. The van der Waals surface area contributed by atoms with E-state index in [1.165, 1.54) is 24.2 Å². The molecule has 0 radical (unpaired) electrons. The molecule has 2 fully saturated rings. The van der Waals surface area contributed by atoms with Gasteiger partial charge in [-0.2, -0.15) is 0 Å². The molecule has 2 N–H and O–H groups in total. The molecule has 1 aromatic heterocycles. The van der Waals surface area contributed by atoms with Gasteiger partial charge in [0.05, 0.1) is 6.04 Å². The number of hydrogen-bond donors (Lipinski definition) is 2. The first-order valence-corrected chi connectivity index (χ1v) is 10.8. The van der Waals surface area contributed by atoms with Crippen LogP contribution >= 0.6 is 22.9 Å². The molecule has 1 saturated carbocycles. The topological polar surface area (TPSA) is 87.2 Å². The van der Waals surface area contributed by atoms with Crippen LogP contribution in [0.3, 0.4) is 0 Å². The molecular weight excluding hydrogens is 398 g/mol. The number of nitrogens with zero attached hydrogens (tertiary/aromatic N) is 3. The molecule has 1 atom stereocenters.